The van der Waals surface area contributed by atoms with Gasteiger partial charge in [-0.1, -0.05) is 20.3 Å². The highest BCUT2D eigenvalue weighted by Crippen LogP contribution is 2.20. The Labute approximate surface area is 95.5 Å². The van der Waals surface area contributed by atoms with Gasteiger partial charge in [0.15, 0.2) is 0 Å². The van der Waals surface area contributed by atoms with Gasteiger partial charge < -0.3 is 16.2 Å². The molecule has 4 heteroatoms. The second kappa shape index (κ2) is 5.39. The number of aromatic carboxylic acids is 1. The fraction of sp³-hybridized carbons (Fsp3) is 0.417. The third-order valence-corrected chi connectivity index (χ3v) is 2.64. The van der Waals surface area contributed by atoms with Crippen LogP contribution in [0.1, 0.15) is 30.6 Å². The molecular weight excluding hydrogens is 204 g/mol. The van der Waals surface area contributed by atoms with Crippen LogP contribution in [0.2, 0.25) is 0 Å². The van der Waals surface area contributed by atoms with Gasteiger partial charge in [-0.15, -0.1) is 0 Å². The molecule has 0 fully saturated rings. The fourth-order valence-electron chi connectivity index (χ4n) is 1.27. The van der Waals surface area contributed by atoms with E-state index in [1.54, 1.807) is 12.1 Å². The quantitative estimate of drug-likeness (QED) is 0.669. The zero-order valence-electron chi connectivity index (χ0n) is 9.66. The van der Waals surface area contributed by atoms with Crippen molar-refractivity contribution in [2.45, 2.75) is 20.3 Å². The molecule has 0 saturated carbocycles. The molecule has 0 aliphatic heterocycles. The first-order valence-corrected chi connectivity index (χ1v) is 5.41. The lowest BCUT2D eigenvalue weighted by Crippen LogP contribution is -2.12. The lowest BCUT2D eigenvalue weighted by molar-refractivity contribution is 0.0697. The van der Waals surface area contributed by atoms with Crippen LogP contribution in [0.4, 0.5) is 11.4 Å². The number of carboxylic acid groups (broad SMARTS) is 1. The minimum Gasteiger partial charge on any atom is -0.478 e. The van der Waals surface area contributed by atoms with Crippen molar-refractivity contribution in [1.29, 1.82) is 0 Å². The number of nitrogen functional groups attached to an aromatic ring is 1. The Bertz CT molecular complexity index is 377. The molecule has 88 valence electrons. The number of anilines is 2. The second-order valence-electron chi connectivity index (χ2n) is 4.00. The van der Waals surface area contributed by atoms with Crippen LogP contribution in [0, 0.1) is 5.92 Å². The Hall–Kier alpha value is -1.71. The third kappa shape index (κ3) is 3.15. The lowest BCUT2D eigenvalue weighted by Gasteiger charge is -2.13. The Morgan fingerprint density at radius 1 is 1.56 bits per heavy atom. The van der Waals surface area contributed by atoms with Crippen molar-refractivity contribution in [3.63, 3.8) is 0 Å². The Morgan fingerprint density at radius 2 is 2.25 bits per heavy atom. The molecule has 1 unspecified atom stereocenters. The average Bonchev–Trinajstić information content (AvgIpc) is 2.27. The molecule has 0 spiro atoms. The largest absolute Gasteiger partial charge is 0.478 e. The highest BCUT2D eigenvalue weighted by Gasteiger charge is 2.07. The zero-order valence-corrected chi connectivity index (χ0v) is 9.66. The Kier molecular flexibility index (Phi) is 4.17. The van der Waals surface area contributed by atoms with Gasteiger partial charge in [0.1, 0.15) is 0 Å². The van der Waals surface area contributed by atoms with Crippen LogP contribution in [0.25, 0.3) is 0 Å². The minimum absolute atomic E-state index is 0.251. The summed E-state index contributed by atoms with van der Waals surface area (Å²) in [5, 5.41) is 12.0. The molecule has 0 aliphatic rings. The highest BCUT2D eigenvalue weighted by molar-refractivity contribution is 5.90. The number of hydrogen-bond acceptors (Lipinski definition) is 3. The predicted octanol–water partition coefficient (Wildman–Crippen LogP) is 2.42. The van der Waals surface area contributed by atoms with Crippen molar-refractivity contribution < 1.29 is 9.90 Å². The molecule has 4 N–H and O–H groups in total. The van der Waals surface area contributed by atoms with Gasteiger partial charge in [0.05, 0.1) is 16.9 Å². The van der Waals surface area contributed by atoms with Crippen molar-refractivity contribution in [1.82, 2.24) is 0 Å². The van der Waals surface area contributed by atoms with Crippen molar-refractivity contribution in [2.75, 3.05) is 17.6 Å². The maximum atomic E-state index is 10.8. The summed E-state index contributed by atoms with van der Waals surface area (Å²) in [6.45, 7) is 5.04. The Morgan fingerprint density at radius 3 is 2.81 bits per heavy atom. The van der Waals surface area contributed by atoms with E-state index in [4.69, 9.17) is 10.8 Å². The number of benzene rings is 1. The number of nitrogens with two attached hydrogens (primary N) is 1. The van der Waals surface area contributed by atoms with Crippen LogP contribution in [-0.4, -0.2) is 17.6 Å². The predicted molar refractivity (Wildman–Crippen MR) is 65.8 cm³/mol. The molecule has 4 nitrogen and oxygen atoms in total. The van der Waals surface area contributed by atoms with Crippen LogP contribution in [0.5, 0.6) is 0 Å². The van der Waals surface area contributed by atoms with E-state index in [1.165, 1.54) is 6.07 Å². The smallest absolute Gasteiger partial charge is 0.335 e. The van der Waals surface area contributed by atoms with E-state index >= 15 is 0 Å². The number of carbonyl (C=O) groups is 1. The molecule has 0 bridgehead atoms. The van der Waals surface area contributed by atoms with Gasteiger partial charge in [0.25, 0.3) is 0 Å². The molecule has 16 heavy (non-hydrogen) atoms. The number of hydrogen-bond donors (Lipinski definition) is 3. The first-order chi connectivity index (χ1) is 7.54. The maximum absolute atomic E-state index is 10.8. The topological polar surface area (TPSA) is 75.3 Å². The van der Waals surface area contributed by atoms with E-state index in [0.717, 1.165) is 13.0 Å². The molecule has 1 aromatic rings. The minimum atomic E-state index is -0.938. The lowest BCUT2D eigenvalue weighted by atomic mass is 10.1. The summed E-state index contributed by atoms with van der Waals surface area (Å²) < 4.78 is 0. The molecule has 0 saturated heterocycles. The van der Waals surface area contributed by atoms with Gasteiger partial charge in [-0.25, -0.2) is 4.79 Å². The Balaban J connectivity index is 2.78. The van der Waals surface area contributed by atoms with E-state index in [2.05, 4.69) is 19.2 Å². The molecule has 0 amide bonds. The molecule has 0 aromatic heterocycles. The first-order valence-electron chi connectivity index (χ1n) is 5.41. The van der Waals surface area contributed by atoms with Gasteiger partial charge >= 0.3 is 5.97 Å². The molecule has 1 atom stereocenters. The van der Waals surface area contributed by atoms with Gasteiger partial charge in [0, 0.05) is 6.54 Å². The standard InChI is InChI=1S/C12H18N2O2/c1-3-8(2)7-14-11-6-9(12(15)16)4-5-10(11)13/h4-6,8,14H,3,7,13H2,1-2H3,(H,15,16). The van der Waals surface area contributed by atoms with E-state index in [-0.39, 0.29) is 5.56 Å². The summed E-state index contributed by atoms with van der Waals surface area (Å²) in [7, 11) is 0. The molecule has 0 heterocycles. The zero-order chi connectivity index (χ0) is 12.1. The summed E-state index contributed by atoms with van der Waals surface area (Å²) in [4.78, 5) is 10.8. The van der Waals surface area contributed by atoms with Crippen LogP contribution in [-0.2, 0) is 0 Å². The monoisotopic (exact) mass is 222 g/mol. The number of rotatable bonds is 5. The number of nitrogens with one attached hydrogen (secondary N) is 1. The molecule has 1 aromatic carbocycles. The van der Waals surface area contributed by atoms with E-state index in [9.17, 15) is 4.79 Å². The highest BCUT2D eigenvalue weighted by atomic mass is 16.4. The maximum Gasteiger partial charge on any atom is 0.335 e. The van der Waals surface area contributed by atoms with Crippen molar-refractivity contribution >= 4 is 17.3 Å². The van der Waals surface area contributed by atoms with Crippen LogP contribution in [0.3, 0.4) is 0 Å². The van der Waals surface area contributed by atoms with Crippen LogP contribution in [0.15, 0.2) is 18.2 Å². The molecular formula is C12H18N2O2. The first kappa shape index (κ1) is 12.4. The van der Waals surface area contributed by atoms with Crippen LogP contribution < -0.4 is 11.1 Å². The van der Waals surface area contributed by atoms with Gasteiger partial charge in [-0.05, 0) is 24.1 Å². The van der Waals surface area contributed by atoms with Gasteiger partial charge in [-0.3, -0.25) is 0 Å². The summed E-state index contributed by atoms with van der Waals surface area (Å²) in [6.07, 6.45) is 1.07. The van der Waals surface area contributed by atoms with E-state index in [0.29, 0.717) is 17.3 Å². The summed E-state index contributed by atoms with van der Waals surface area (Å²) in [5.74, 6) is -0.403. The summed E-state index contributed by atoms with van der Waals surface area (Å²) >= 11 is 0. The van der Waals surface area contributed by atoms with Crippen molar-refractivity contribution in [2.24, 2.45) is 5.92 Å². The fourth-order valence-corrected chi connectivity index (χ4v) is 1.27. The second-order valence-corrected chi connectivity index (χ2v) is 4.00. The third-order valence-electron chi connectivity index (χ3n) is 2.64. The van der Waals surface area contributed by atoms with Crippen molar-refractivity contribution in [3.8, 4) is 0 Å². The molecule has 0 aliphatic carbocycles. The van der Waals surface area contributed by atoms with E-state index < -0.39 is 5.97 Å². The average molecular weight is 222 g/mol. The number of carboxylic acids is 1. The SMILES string of the molecule is CCC(C)CNc1cc(C(=O)O)ccc1N. The van der Waals surface area contributed by atoms with Crippen molar-refractivity contribution in [3.05, 3.63) is 23.8 Å². The molecule has 0 radical (unpaired) electrons. The van der Waals surface area contributed by atoms with Gasteiger partial charge in [0.2, 0.25) is 0 Å². The van der Waals surface area contributed by atoms with Crippen LogP contribution >= 0.6 is 0 Å². The normalized spacial score (nSPS) is 12.1. The van der Waals surface area contributed by atoms with Gasteiger partial charge in [-0.2, -0.15) is 0 Å². The molecule has 1 rings (SSSR count). The summed E-state index contributed by atoms with van der Waals surface area (Å²) in [5.41, 5.74) is 7.28. The summed E-state index contributed by atoms with van der Waals surface area (Å²) in [6, 6.07) is 4.69. The van der Waals surface area contributed by atoms with E-state index in [1.807, 2.05) is 0 Å².